The summed E-state index contributed by atoms with van der Waals surface area (Å²) in [4.78, 5) is 4.05. The van der Waals surface area contributed by atoms with Crippen molar-refractivity contribution in [2.75, 3.05) is 5.75 Å². The fourth-order valence-corrected chi connectivity index (χ4v) is 2.19. The molecule has 2 atom stereocenters. The van der Waals surface area contributed by atoms with Gasteiger partial charge in [0.2, 0.25) is 0 Å². The summed E-state index contributed by atoms with van der Waals surface area (Å²) in [6, 6.07) is 11.5. The highest BCUT2D eigenvalue weighted by Crippen LogP contribution is 2.22. The molecule has 4 nitrogen and oxygen atoms in total. The zero-order valence-electron chi connectivity index (χ0n) is 11.6. The molecular weight excluding hydrogens is 286 g/mol. The lowest BCUT2D eigenvalue weighted by Gasteiger charge is -2.17. The highest BCUT2D eigenvalue weighted by molar-refractivity contribution is 7.80. The monoisotopic (exact) mass is 305 g/mol. The average molecular weight is 305 g/mol. The van der Waals surface area contributed by atoms with Crippen LogP contribution in [0.4, 0.5) is 0 Å². The van der Waals surface area contributed by atoms with Crippen LogP contribution in [0.15, 0.2) is 48.8 Å². The van der Waals surface area contributed by atoms with Crippen molar-refractivity contribution in [3.05, 3.63) is 59.9 Å². The number of aliphatic hydroxyl groups excluding tert-OH is 2. The van der Waals surface area contributed by atoms with E-state index in [0.717, 1.165) is 5.56 Å². The summed E-state index contributed by atoms with van der Waals surface area (Å²) in [5.74, 6) is 1.07. The van der Waals surface area contributed by atoms with Crippen LogP contribution in [0, 0.1) is 0 Å². The molecule has 0 saturated heterocycles. The van der Waals surface area contributed by atoms with Crippen molar-refractivity contribution >= 4 is 12.6 Å². The summed E-state index contributed by atoms with van der Waals surface area (Å²) >= 11 is 4.05. The maximum Gasteiger partial charge on any atom is 0.138 e. The van der Waals surface area contributed by atoms with Gasteiger partial charge in [-0.2, -0.15) is 12.6 Å². The lowest BCUT2D eigenvalue weighted by Crippen LogP contribution is -2.18. The van der Waals surface area contributed by atoms with Crippen LogP contribution in [0.25, 0.3) is 0 Å². The Morgan fingerprint density at radius 1 is 1.14 bits per heavy atom. The van der Waals surface area contributed by atoms with Crippen LogP contribution in [0.3, 0.4) is 0 Å². The molecule has 0 bridgehead atoms. The summed E-state index contributed by atoms with van der Waals surface area (Å²) < 4.78 is 5.65. The van der Waals surface area contributed by atoms with E-state index in [9.17, 15) is 10.2 Å². The van der Waals surface area contributed by atoms with Crippen molar-refractivity contribution in [3.63, 3.8) is 0 Å². The lowest BCUT2D eigenvalue weighted by molar-refractivity contribution is 0.0169. The van der Waals surface area contributed by atoms with Crippen molar-refractivity contribution in [2.24, 2.45) is 0 Å². The van der Waals surface area contributed by atoms with Crippen LogP contribution in [0.1, 0.15) is 23.7 Å². The molecule has 0 aliphatic carbocycles. The molecule has 0 saturated carbocycles. The number of rotatable bonds is 7. The van der Waals surface area contributed by atoms with Gasteiger partial charge >= 0.3 is 0 Å². The Morgan fingerprint density at radius 2 is 1.90 bits per heavy atom. The Morgan fingerprint density at radius 3 is 2.62 bits per heavy atom. The molecule has 2 rings (SSSR count). The normalized spacial score (nSPS) is 13.7. The summed E-state index contributed by atoms with van der Waals surface area (Å²) in [7, 11) is 0. The van der Waals surface area contributed by atoms with Crippen LogP contribution in [0.5, 0.6) is 5.75 Å². The number of benzene rings is 1. The molecule has 1 heterocycles. The Bertz CT molecular complexity index is 550. The van der Waals surface area contributed by atoms with E-state index in [0.29, 0.717) is 30.1 Å². The van der Waals surface area contributed by atoms with Crippen LogP contribution in [-0.2, 0) is 6.61 Å². The van der Waals surface area contributed by atoms with Crippen LogP contribution >= 0.6 is 12.6 Å². The number of aromatic nitrogens is 1. The van der Waals surface area contributed by atoms with Gasteiger partial charge in [0.15, 0.2) is 0 Å². The molecule has 1 aromatic heterocycles. The maximum absolute atomic E-state index is 10.1. The van der Waals surface area contributed by atoms with Gasteiger partial charge in [0.1, 0.15) is 18.5 Å². The van der Waals surface area contributed by atoms with Crippen LogP contribution in [0.2, 0.25) is 0 Å². The average Bonchev–Trinajstić information content (AvgIpc) is 2.54. The van der Waals surface area contributed by atoms with E-state index in [4.69, 9.17) is 4.74 Å². The van der Waals surface area contributed by atoms with Crippen molar-refractivity contribution in [2.45, 2.75) is 25.2 Å². The van der Waals surface area contributed by atoms with Gasteiger partial charge in [-0.1, -0.05) is 30.3 Å². The molecule has 0 spiro atoms. The predicted octanol–water partition coefficient (Wildman–Crippen LogP) is 2.37. The first-order chi connectivity index (χ1) is 10.2. The quantitative estimate of drug-likeness (QED) is 0.687. The number of ether oxygens (including phenoxy) is 1. The second-order valence-electron chi connectivity index (χ2n) is 4.75. The van der Waals surface area contributed by atoms with E-state index in [-0.39, 0.29) is 0 Å². The van der Waals surface area contributed by atoms with E-state index in [1.165, 1.54) is 6.20 Å². The van der Waals surface area contributed by atoms with Crippen molar-refractivity contribution in [1.82, 2.24) is 4.98 Å². The van der Waals surface area contributed by atoms with Crippen molar-refractivity contribution in [1.29, 1.82) is 0 Å². The first kappa shape index (κ1) is 15.8. The largest absolute Gasteiger partial charge is 0.487 e. The van der Waals surface area contributed by atoms with Gasteiger partial charge in [-0.25, -0.2) is 0 Å². The van der Waals surface area contributed by atoms with E-state index >= 15 is 0 Å². The highest BCUT2D eigenvalue weighted by atomic mass is 32.1. The van der Waals surface area contributed by atoms with E-state index < -0.39 is 12.2 Å². The molecule has 1 aromatic carbocycles. The summed E-state index contributed by atoms with van der Waals surface area (Å²) in [5.41, 5.74) is 1.59. The standard InChI is InChI=1S/C16H19NO3S/c18-15(6-7-21)16(19)13-8-14(10-17-9-13)20-11-12-4-2-1-3-5-12/h1-5,8-10,15-16,18-19,21H,6-7,11H2. The number of nitrogens with zero attached hydrogens (tertiary/aromatic N) is 1. The van der Waals surface area contributed by atoms with Gasteiger partial charge in [0.25, 0.3) is 0 Å². The molecule has 2 aromatic rings. The summed E-state index contributed by atoms with van der Waals surface area (Å²) in [6.45, 7) is 0.432. The molecular formula is C16H19NO3S. The van der Waals surface area contributed by atoms with Gasteiger partial charge in [-0.15, -0.1) is 0 Å². The second-order valence-corrected chi connectivity index (χ2v) is 5.20. The highest BCUT2D eigenvalue weighted by Gasteiger charge is 2.18. The first-order valence-electron chi connectivity index (χ1n) is 6.79. The predicted molar refractivity (Wildman–Crippen MR) is 84.4 cm³/mol. The molecule has 0 fully saturated rings. The molecule has 0 aliphatic heterocycles. The second kappa shape index (κ2) is 8.02. The smallest absolute Gasteiger partial charge is 0.138 e. The minimum absolute atomic E-state index is 0.416. The fraction of sp³-hybridized carbons (Fsp3) is 0.312. The number of hydrogen-bond donors (Lipinski definition) is 3. The lowest BCUT2D eigenvalue weighted by atomic mass is 10.0. The van der Waals surface area contributed by atoms with Crippen molar-refractivity contribution < 1.29 is 14.9 Å². The van der Waals surface area contributed by atoms with Gasteiger partial charge < -0.3 is 14.9 Å². The molecule has 2 unspecified atom stereocenters. The summed E-state index contributed by atoms with van der Waals surface area (Å²) in [6.07, 6.45) is 1.70. The molecule has 112 valence electrons. The van der Waals surface area contributed by atoms with Gasteiger partial charge in [0, 0.05) is 11.8 Å². The minimum atomic E-state index is -0.982. The van der Waals surface area contributed by atoms with Gasteiger partial charge in [-0.05, 0) is 23.8 Å². The van der Waals surface area contributed by atoms with E-state index in [1.54, 1.807) is 12.3 Å². The van der Waals surface area contributed by atoms with E-state index in [1.807, 2.05) is 30.3 Å². The van der Waals surface area contributed by atoms with Gasteiger partial charge in [0.05, 0.1) is 12.3 Å². The third-order valence-electron chi connectivity index (χ3n) is 3.11. The Balaban J connectivity index is 2.00. The molecule has 0 aliphatic rings. The number of hydrogen-bond acceptors (Lipinski definition) is 5. The Hall–Kier alpha value is -1.56. The molecule has 5 heteroatoms. The van der Waals surface area contributed by atoms with Crippen LogP contribution < -0.4 is 4.74 Å². The minimum Gasteiger partial charge on any atom is -0.487 e. The summed E-state index contributed by atoms with van der Waals surface area (Å²) in [5, 5.41) is 19.9. The fourth-order valence-electron chi connectivity index (χ4n) is 1.93. The molecule has 0 amide bonds. The molecule has 21 heavy (non-hydrogen) atoms. The maximum atomic E-state index is 10.1. The number of aliphatic hydroxyl groups is 2. The molecule has 0 radical (unpaired) electrons. The van der Waals surface area contributed by atoms with Gasteiger partial charge in [-0.3, -0.25) is 4.98 Å². The third-order valence-corrected chi connectivity index (χ3v) is 3.37. The Labute approximate surface area is 129 Å². The zero-order chi connectivity index (χ0) is 15.1. The zero-order valence-corrected chi connectivity index (χ0v) is 12.5. The van der Waals surface area contributed by atoms with Crippen molar-refractivity contribution in [3.8, 4) is 5.75 Å². The number of thiol groups is 1. The van der Waals surface area contributed by atoms with E-state index in [2.05, 4.69) is 17.6 Å². The third kappa shape index (κ3) is 4.74. The van der Waals surface area contributed by atoms with Crippen LogP contribution in [-0.4, -0.2) is 27.1 Å². The topological polar surface area (TPSA) is 62.6 Å². The number of pyridine rings is 1. The Kier molecular flexibility index (Phi) is 6.04. The SMILES string of the molecule is OC(CCS)C(O)c1cncc(OCc2ccccc2)c1. The first-order valence-corrected chi connectivity index (χ1v) is 7.42. The molecule has 2 N–H and O–H groups in total.